The molecule has 1 aliphatic rings. The van der Waals surface area contributed by atoms with Crippen LogP contribution >= 0.6 is 0 Å². The molecule has 0 radical (unpaired) electrons. The average molecular weight is 333 g/mol. The Morgan fingerprint density at radius 2 is 1.61 bits per heavy atom. The van der Waals surface area contributed by atoms with Gasteiger partial charge in [-0.3, -0.25) is 4.79 Å². The van der Waals surface area contributed by atoms with Gasteiger partial charge in [-0.05, 0) is 19.8 Å². The maximum Gasteiger partial charge on any atom is 0.303 e. The molecule has 7 heteroatoms. The van der Waals surface area contributed by atoms with Crippen molar-refractivity contribution in [3.05, 3.63) is 28.8 Å². The summed E-state index contributed by atoms with van der Waals surface area (Å²) in [6.45, 7) is 3.73. The van der Waals surface area contributed by atoms with Gasteiger partial charge in [-0.2, -0.15) is 0 Å². The van der Waals surface area contributed by atoms with Crippen LogP contribution in [0, 0.1) is 23.3 Å². The van der Waals surface area contributed by atoms with E-state index in [9.17, 15) is 22.4 Å². The van der Waals surface area contributed by atoms with E-state index in [4.69, 9.17) is 5.11 Å². The SMILES string of the molecule is CC1c2c(F)c(F)c(F)c(F)c2N(CCCCCC(=O)O)C1C. The van der Waals surface area contributed by atoms with Crippen LogP contribution in [0.3, 0.4) is 0 Å². The Hall–Kier alpha value is -1.79. The maximum absolute atomic E-state index is 14.1. The first-order chi connectivity index (χ1) is 10.8. The predicted octanol–water partition coefficient (Wildman–Crippen LogP) is 4.20. The zero-order chi connectivity index (χ0) is 17.3. The number of hydrogen-bond acceptors (Lipinski definition) is 2. The van der Waals surface area contributed by atoms with Gasteiger partial charge in [0.15, 0.2) is 23.3 Å². The van der Waals surface area contributed by atoms with Crippen molar-refractivity contribution in [1.82, 2.24) is 0 Å². The molecule has 128 valence electrons. The van der Waals surface area contributed by atoms with Gasteiger partial charge >= 0.3 is 5.97 Å². The van der Waals surface area contributed by atoms with E-state index < -0.39 is 35.2 Å². The van der Waals surface area contributed by atoms with Crippen LogP contribution in [0.1, 0.15) is 51.0 Å². The number of carbonyl (C=O) groups is 1. The number of carboxylic acid groups (broad SMARTS) is 1. The number of anilines is 1. The van der Waals surface area contributed by atoms with Crippen molar-refractivity contribution in [2.45, 2.75) is 51.5 Å². The lowest BCUT2D eigenvalue weighted by Gasteiger charge is -2.26. The summed E-state index contributed by atoms with van der Waals surface area (Å²) in [6, 6.07) is -0.297. The van der Waals surface area contributed by atoms with Gasteiger partial charge in [0.25, 0.3) is 0 Å². The molecule has 0 aromatic heterocycles. The Kier molecular flexibility index (Phi) is 5.16. The number of nitrogens with zero attached hydrogens (tertiary/aromatic N) is 1. The van der Waals surface area contributed by atoms with E-state index in [0.717, 1.165) is 0 Å². The summed E-state index contributed by atoms with van der Waals surface area (Å²) >= 11 is 0. The third kappa shape index (κ3) is 3.14. The minimum absolute atomic E-state index is 0.0470. The molecule has 0 amide bonds. The third-order valence-electron chi connectivity index (χ3n) is 4.53. The molecule has 1 N–H and O–H groups in total. The fourth-order valence-corrected chi connectivity index (χ4v) is 3.10. The van der Waals surface area contributed by atoms with E-state index in [2.05, 4.69) is 0 Å². The van der Waals surface area contributed by atoms with E-state index in [0.29, 0.717) is 25.8 Å². The number of fused-ring (bicyclic) bond motifs is 1. The normalized spacial score (nSPS) is 20.0. The molecule has 0 saturated heterocycles. The Morgan fingerprint density at radius 1 is 1.00 bits per heavy atom. The van der Waals surface area contributed by atoms with E-state index >= 15 is 0 Å². The molecule has 0 spiro atoms. The van der Waals surface area contributed by atoms with Gasteiger partial charge in [0.2, 0.25) is 0 Å². The lowest BCUT2D eigenvalue weighted by atomic mass is 9.97. The van der Waals surface area contributed by atoms with Crippen molar-refractivity contribution in [1.29, 1.82) is 0 Å². The Balaban J connectivity index is 2.20. The van der Waals surface area contributed by atoms with Crippen molar-refractivity contribution in [2.75, 3.05) is 11.4 Å². The van der Waals surface area contributed by atoms with Crippen LogP contribution in [0.2, 0.25) is 0 Å². The minimum Gasteiger partial charge on any atom is -0.481 e. The van der Waals surface area contributed by atoms with Gasteiger partial charge in [-0.25, -0.2) is 17.6 Å². The smallest absolute Gasteiger partial charge is 0.303 e. The predicted molar refractivity (Wildman–Crippen MR) is 77.6 cm³/mol. The highest BCUT2D eigenvalue weighted by Crippen LogP contribution is 2.45. The van der Waals surface area contributed by atoms with E-state index in [-0.39, 0.29) is 23.7 Å². The van der Waals surface area contributed by atoms with Gasteiger partial charge in [0, 0.05) is 30.5 Å². The van der Waals surface area contributed by atoms with Crippen LogP contribution < -0.4 is 4.90 Å². The molecule has 1 aliphatic heterocycles. The first-order valence-electron chi connectivity index (χ1n) is 7.61. The monoisotopic (exact) mass is 333 g/mol. The molecule has 2 atom stereocenters. The van der Waals surface area contributed by atoms with Gasteiger partial charge < -0.3 is 10.0 Å². The maximum atomic E-state index is 14.1. The average Bonchev–Trinajstić information content (AvgIpc) is 2.75. The van der Waals surface area contributed by atoms with Crippen molar-refractivity contribution in [3.63, 3.8) is 0 Å². The van der Waals surface area contributed by atoms with Gasteiger partial charge in [0.05, 0.1) is 5.69 Å². The Morgan fingerprint density at radius 3 is 2.22 bits per heavy atom. The number of carboxylic acids is 1. The van der Waals surface area contributed by atoms with Gasteiger partial charge in [-0.15, -0.1) is 0 Å². The van der Waals surface area contributed by atoms with Crippen LogP contribution in [-0.4, -0.2) is 23.7 Å². The fourth-order valence-electron chi connectivity index (χ4n) is 3.10. The molecule has 0 fully saturated rings. The molecule has 0 saturated carbocycles. The Labute approximate surface area is 131 Å². The van der Waals surface area contributed by atoms with Gasteiger partial charge in [-0.1, -0.05) is 13.3 Å². The molecular formula is C16H19F4NO2. The molecule has 1 heterocycles. The van der Waals surface area contributed by atoms with Crippen LogP contribution in [0.4, 0.5) is 23.2 Å². The lowest BCUT2D eigenvalue weighted by molar-refractivity contribution is -0.137. The highest BCUT2D eigenvalue weighted by molar-refractivity contribution is 5.66. The second-order valence-corrected chi connectivity index (χ2v) is 5.95. The van der Waals surface area contributed by atoms with Gasteiger partial charge in [0.1, 0.15) is 0 Å². The first kappa shape index (κ1) is 17.6. The molecule has 0 bridgehead atoms. The zero-order valence-corrected chi connectivity index (χ0v) is 13.0. The number of rotatable bonds is 6. The molecule has 2 unspecified atom stereocenters. The molecule has 3 nitrogen and oxygen atoms in total. The molecule has 2 rings (SSSR count). The summed E-state index contributed by atoms with van der Waals surface area (Å²) in [5, 5.41) is 8.58. The number of benzene rings is 1. The lowest BCUT2D eigenvalue weighted by Crippen LogP contribution is -2.32. The third-order valence-corrected chi connectivity index (χ3v) is 4.53. The highest BCUT2D eigenvalue weighted by Gasteiger charge is 2.40. The van der Waals surface area contributed by atoms with Crippen LogP contribution in [0.25, 0.3) is 0 Å². The van der Waals surface area contributed by atoms with E-state index in [1.54, 1.807) is 18.7 Å². The zero-order valence-electron chi connectivity index (χ0n) is 13.0. The molecule has 23 heavy (non-hydrogen) atoms. The summed E-state index contributed by atoms with van der Waals surface area (Å²) in [7, 11) is 0. The Bertz CT molecular complexity index is 621. The summed E-state index contributed by atoms with van der Waals surface area (Å²) in [5.41, 5.74) is -0.334. The summed E-state index contributed by atoms with van der Waals surface area (Å²) in [6.07, 6.45) is 1.69. The largest absolute Gasteiger partial charge is 0.481 e. The van der Waals surface area contributed by atoms with Crippen LogP contribution in [0.15, 0.2) is 0 Å². The van der Waals surface area contributed by atoms with Crippen molar-refractivity contribution < 1.29 is 27.5 Å². The summed E-state index contributed by atoms with van der Waals surface area (Å²) < 4.78 is 55.1. The standard InChI is InChI=1S/C16H19F4NO2/c1-8-9(2)21(7-5-3-4-6-10(22)23)16-11(8)12(17)13(18)14(19)15(16)20/h8-9H,3-7H2,1-2H3,(H,22,23). The van der Waals surface area contributed by atoms with Crippen molar-refractivity contribution >= 4 is 11.7 Å². The number of hydrogen-bond donors (Lipinski definition) is 1. The fraction of sp³-hybridized carbons (Fsp3) is 0.562. The van der Waals surface area contributed by atoms with Crippen LogP contribution in [-0.2, 0) is 4.79 Å². The number of unbranched alkanes of at least 4 members (excludes halogenated alkanes) is 2. The quantitative estimate of drug-likeness (QED) is 0.367. The second-order valence-electron chi connectivity index (χ2n) is 5.95. The van der Waals surface area contributed by atoms with Crippen LogP contribution in [0.5, 0.6) is 0 Å². The molecule has 0 aliphatic carbocycles. The van der Waals surface area contributed by atoms with E-state index in [1.165, 1.54) is 0 Å². The molecule has 1 aromatic carbocycles. The van der Waals surface area contributed by atoms with Crippen molar-refractivity contribution in [3.8, 4) is 0 Å². The topological polar surface area (TPSA) is 40.5 Å². The second kappa shape index (κ2) is 6.76. The number of halogens is 4. The number of aliphatic carboxylic acids is 1. The summed E-state index contributed by atoms with van der Waals surface area (Å²) in [5.74, 6) is -7.60. The highest BCUT2D eigenvalue weighted by atomic mass is 19.2. The molecule has 1 aromatic rings. The van der Waals surface area contributed by atoms with Crippen molar-refractivity contribution in [2.24, 2.45) is 0 Å². The first-order valence-corrected chi connectivity index (χ1v) is 7.61. The summed E-state index contributed by atoms with van der Waals surface area (Å²) in [4.78, 5) is 12.0. The molecular weight excluding hydrogens is 314 g/mol. The van der Waals surface area contributed by atoms with E-state index in [1.807, 2.05) is 0 Å². The minimum atomic E-state index is -1.79.